The van der Waals surface area contributed by atoms with Crippen molar-refractivity contribution in [3.63, 3.8) is 0 Å². The van der Waals surface area contributed by atoms with E-state index in [1.807, 2.05) is 0 Å². The third-order valence-electron chi connectivity index (χ3n) is 4.17. The third kappa shape index (κ3) is 2.36. The fourth-order valence-corrected chi connectivity index (χ4v) is 5.62. The lowest BCUT2D eigenvalue weighted by Gasteiger charge is -2.58. The standard InChI is InChI=1S/C13H25NS/c1-11(2)15-13(10-14)8-12(9-13)6-4-3-5-7-12/h11H,3-10,14H2,1-2H3. The lowest BCUT2D eigenvalue weighted by atomic mass is 9.55. The Balaban J connectivity index is 1.92. The van der Waals surface area contributed by atoms with Crippen LogP contribution in [0.25, 0.3) is 0 Å². The minimum absolute atomic E-state index is 0.450. The first-order chi connectivity index (χ1) is 7.10. The molecule has 0 radical (unpaired) electrons. The molecular weight excluding hydrogens is 202 g/mol. The van der Waals surface area contributed by atoms with Gasteiger partial charge in [0.05, 0.1) is 0 Å². The molecular formula is C13H25NS. The van der Waals surface area contributed by atoms with Gasteiger partial charge in [0.25, 0.3) is 0 Å². The molecule has 0 bridgehead atoms. The van der Waals surface area contributed by atoms with E-state index in [0.29, 0.717) is 4.75 Å². The molecule has 0 atom stereocenters. The fourth-order valence-electron chi connectivity index (χ4n) is 3.75. The Hall–Kier alpha value is 0.310. The summed E-state index contributed by atoms with van der Waals surface area (Å²) in [5.74, 6) is 0. The van der Waals surface area contributed by atoms with Crippen LogP contribution in [0.2, 0.25) is 0 Å². The molecule has 2 aliphatic rings. The molecule has 2 heteroatoms. The molecule has 88 valence electrons. The van der Waals surface area contributed by atoms with Gasteiger partial charge in [-0.1, -0.05) is 33.1 Å². The molecule has 1 nitrogen and oxygen atoms in total. The number of hydrogen-bond donors (Lipinski definition) is 1. The van der Waals surface area contributed by atoms with Crippen LogP contribution in [-0.4, -0.2) is 16.5 Å². The molecule has 2 fully saturated rings. The predicted molar refractivity (Wildman–Crippen MR) is 69.3 cm³/mol. The van der Waals surface area contributed by atoms with Crippen molar-refractivity contribution >= 4 is 11.8 Å². The monoisotopic (exact) mass is 227 g/mol. The molecule has 2 aliphatic carbocycles. The molecule has 1 spiro atoms. The maximum atomic E-state index is 5.99. The highest BCUT2D eigenvalue weighted by Crippen LogP contribution is 2.61. The van der Waals surface area contributed by atoms with E-state index in [0.717, 1.165) is 17.2 Å². The smallest absolute Gasteiger partial charge is 0.0295 e. The molecule has 2 N–H and O–H groups in total. The minimum atomic E-state index is 0.450. The quantitative estimate of drug-likeness (QED) is 0.797. The first-order valence-electron chi connectivity index (χ1n) is 6.48. The average Bonchev–Trinajstić information content (AvgIpc) is 2.15. The normalized spacial score (nSPS) is 28.0. The molecule has 0 unspecified atom stereocenters. The highest BCUT2D eigenvalue weighted by molar-refractivity contribution is 8.01. The maximum Gasteiger partial charge on any atom is 0.0295 e. The topological polar surface area (TPSA) is 26.0 Å². The van der Waals surface area contributed by atoms with Gasteiger partial charge >= 0.3 is 0 Å². The van der Waals surface area contributed by atoms with Crippen LogP contribution in [0.3, 0.4) is 0 Å². The Morgan fingerprint density at radius 1 is 1.13 bits per heavy atom. The molecule has 2 saturated carbocycles. The summed E-state index contributed by atoms with van der Waals surface area (Å²) in [5, 5.41) is 0.731. The summed E-state index contributed by atoms with van der Waals surface area (Å²) in [7, 11) is 0. The van der Waals surface area contributed by atoms with E-state index in [9.17, 15) is 0 Å². The Morgan fingerprint density at radius 2 is 1.73 bits per heavy atom. The summed E-state index contributed by atoms with van der Waals surface area (Å²) < 4.78 is 0.450. The van der Waals surface area contributed by atoms with Crippen LogP contribution in [0, 0.1) is 5.41 Å². The van der Waals surface area contributed by atoms with Gasteiger partial charge in [-0.05, 0) is 36.3 Å². The van der Waals surface area contributed by atoms with Crippen molar-refractivity contribution in [3.05, 3.63) is 0 Å². The first kappa shape index (κ1) is 11.8. The average molecular weight is 227 g/mol. The van der Waals surface area contributed by atoms with Crippen molar-refractivity contribution in [2.45, 2.75) is 68.8 Å². The molecule has 0 aromatic carbocycles. The minimum Gasteiger partial charge on any atom is -0.329 e. The van der Waals surface area contributed by atoms with Crippen LogP contribution in [0.1, 0.15) is 58.8 Å². The largest absolute Gasteiger partial charge is 0.329 e. The van der Waals surface area contributed by atoms with Crippen LogP contribution in [0.4, 0.5) is 0 Å². The van der Waals surface area contributed by atoms with Crippen molar-refractivity contribution < 1.29 is 0 Å². The van der Waals surface area contributed by atoms with E-state index in [-0.39, 0.29) is 0 Å². The fraction of sp³-hybridized carbons (Fsp3) is 1.00. The van der Waals surface area contributed by atoms with Crippen molar-refractivity contribution in [3.8, 4) is 0 Å². The first-order valence-corrected chi connectivity index (χ1v) is 7.36. The van der Waals surface area contributed by atoms with Crippen molar-refractivity contribution in [2.24, 2.45) is 11.1 Å². The zero-order valence-corrected chi connectivity index (χ0v) is 11.0. The van der Waals surface area contributed by atoms with Crippen LogP contribution < -0.4 is 5.73 Å². The summed E-state index contributed by atoms with van der Waals surface area (Å²) in [6.45, 7) is 5.49. The Kier molecular flexibility index (Phi) is 3.37. The van der Waals surface area contributed by atoms with Crippen molar-refractivity contribution in [2.75, 3.05) is 6.54 Å². The Labute approximate surface area is 98.6 Å². The van der Waals surface area contributed by atoms with Crippen molar-refractivity contribution in [1.29, 1.82) is 0 Å². The Morgan fingerprint density at radius 3 is 2.20 bits per heavy atom. The van der Waals surface area contributed by atoms with Gasteiger partial charge < -0.3 is 5.73 Å². The van der Waals surface area contributed by atoms with Crippen LogP contribution in [-0.2, 0) is 0 Å². The van der Waals surface area contributed by atoms with Gasteiger partial charge in [-0.15, -0.1) is 0 Å². The summed E-state index contributed by atoms with van der Waals surface area (Å²) >= 11 is 2.13. The van der Waals surface area contributed by atoms with E-state index >= 15 is 0 Å². The lowest BCUT2D eigenvalue weighted by molar-refractivity contribution is 0.0400. The van der Waals surface area contributed by atoms with E-state index in [1.165, 1.54) is 44.9 Å². The van der Waals surface area contributed by atoms with Crippen LogP contribution in [0.5, 0.6) is 0 Å². The molecule has 0 saturated heterocycles. The molecule has 0 aromatic rings. The molecule has 0 aliphatic heterocycles. The van der Waals surface area contributed by atoms with E-state index < -0.39 is 0 Å². The summed E-state index contributed by atoms with van der Waals surface area (Å²) in [5.41, 5.74) is 6.71. The van der Waals surface area contributed by atoms with Gasteiger partial charge in [-0.2, -0.15) is 11.8 Å². The van der Waals surface area contributed by atoms with Gasteiger partial charge in [-0.25, -0.2) is 0 Å². The number of rotatable bonds is 3. The van der Waals surface area contributed by atoms with Gasteiger partial charge in [-0.3, -0.25) is 0 Å². The SMILES string of the molecule is CC(C)SC1(CN)CC2(CCCCC2)C1. The second-order valence-corrected chi connectivity index (χ2v) is 8.01. The number of thioether (sulfide) groups is 1. The highest BCUT2D eigenvalue weighted by atomic mass is 32.2. The van der Waals surface area contributed by atoms with Gasteiger partial charge in [0.15, 0.2) is 0 Å². The van der Waals surface area contributed by atoms with E-state index in [2.05, 4.69) is 25.6 Å². The number of hydrogen-bond acceptors (Lipinski definition) is 2. The molecule has 15 heavy (non-hydrogen) atoms. The summed E-state index contributed by atoms with van der Waals surface area (Å²) in [6, 6.07) is 0. The Bertz CT molecular complexity index is 211. The third-order valence-corrected chi connectivity index (χ3v) is 5.59. The predicted octanol–water partition coefficient (Wildman–Crippen LogP) is 3.57. The van der Waals surface area contributed by atoms with E-state index in [1.54, 1.807) is 0 Å². The van der Waals surface area contributed by atoms with Crippen LogP contribution >= 0.6 is 11.8 Å². The number of nitrogens with two attached hydrogens (primary N) is 1. The van der Waals surface area contributed by atoms with Crippen LogP contribution in [0.15, 0.2) is 0 Å². The maximum absolute atomic E-state index is 5.99. The molecule has 0 aromatic heterocycles. The summed E-state index contributed by atoms with van der Waals surface area (Å²) in [4.78, 5) is 0. The van der Waals surface area contributed by atoms with Gasteiger partial charge in [0.2, 0.25) is 0 Å². The van der Waals surface area contributed by atoms with E-state index in [4.69, 9.17) is 5.73 Å². The molecule has 0 heterocycles. The summed E-state index contributed by atoms with van der Waals surface area (Å²) in [6.07, 6.45) is 10.2. The zero-order valence-electron chi connectivity index (χ0n) is 10.2. The lowest BCUT2D eigenvalue weighted by Crippen LogP contribution is -2.55. The highest BCUT2D eigenvalue weighted by Gasteiger charge is 2.53. The molecule has 0 amide bonds. The van der Waals surface area contributed by atoms with Gasteiger partial charge in [0, 0.05) is 11.3 Å². The molecule has 2 rings (SSSR count). The zero-order chi connectivity index (χ0) is 10.9. The second kappa shape index (κ2) is 4.29. The second-order valence-electron chi connectivity index (χ2n) is 5.97. The van der Waals surface area contributed by atoms with Crippen molar-refractivity contribution in [1.82, 2.24) is 0 Å². The van der Waals surface area contributed by atoms with Gasteiger partial charge in [0.1, 0.15) is 0 Å².